The Bertz CT molecular complexity index is 1470. The van der Waals surface area contributed by atoms with Crippen molar-refractivity contribution in [2.45, 2.75) is 25.0 Å². The number of fused-ring (bicyclic) bond motifs is 1. The summed E-state index contributed by atoms with van der Waals surface area (Å²) in [5.41, 5.74) is 1.94. The van der Waals surface area contributed by atoms with Crippen LogP contribution in [0.25, 0.3) is 10.9 Å². The Morgan fingerprint density at radius 1 is 1.02 bits per heavy atom. The molecule has 11 heteroatoms. The number of carbonyl (C=O) groups excluding carboxylic acids is 2. The molecule has 3 aromatic carbocycles. The molecule has 4 aromatic rings. The monoisotopic (exact) mass is 595 g/mol. The number of aliphatic carboxylic acids is 1. The number of aliphatic hydroxyl groups is 2. The predicted molar refractivity (Wildman–Crippen MR) is 155 cm³/mol. The second-order valence-corrected chi connectivity index (χ2v) is 9.91. The Labute approximate surface area is 272 Å². The van der Waals surface area contributed by atoms with Crippen molar-refractivity contribution < 1.29 is 63.9 Å². The van der Waals surface area contributed by atoms with Crippen LogP contribution in [0.4, 0.5) is 0 Å². The third kappa shape index (κ3) is 10.3. The van der Waals surface area contributed by atoms with Crippen molar-refractivity contribution in [3.05, 3.63) is 96.2 Å². The predicted octanol–water partition coefficient (Wildman–Crippen LogP) is -0.824. The van der Waals surface area contributed by atoms with Crippen LogP contribution >= 0.6 is 0 Å². The average Bonchev–Trinajstić information content (AvgIpc) is 3.01. The van der Waals surface area contributed by atoms with Crippen molar-refractivity contribution in [1.82, 2.24) is 15.2 Å². The third-order valence-corrected chi connectivity index (χ3v) is 6.63. The Kier molecular flexibility index (Phi) is 13.4. The van der Waals surface area contributed by atoms with Crippen molar-refractivity contribution in [1.29, 1.82) is 0 Å². The Morgan fingerprint density at radius 2 is 1.77 bits per heavy atom. The molecule has 0 aliphatic carbocycles. The minimum absolute atomic E-state index is 0. The number of aliphatic hydroxyl groups excluding tert-OH is 2. The summed E-state index contributed by atoms with van der Waals surface area (Å²) in [6.07, 6.45) is 1.18. The topological polar surface area (TPSA) is 144 Å². The Hall–Kier alpha value is -3.51. The van der Waals surface area contributed by atoms with Gasteiger partial charge < -0.3 is 39.8 Å². The molecule has 0 aliphatic heterocycles. The number of benzene rings is 3. The Morgan fingerprint density at radius 3 is 2.47 bits per heavy atom. The summed E-state index contributed by atoms with van der Waals surface area (Å²) in [5.74, 6) is 0.338. The quantitative estimate of drug-likeness (QED) is 0.150. The maximum atomic E-state index is 12.7. The van der Waals surface area contributed by atoms with Gasteiger partial charge in [-0.25, -0.2) is 0 Å². The molecule has 1 heterocycles. The standard InChI is InChI=1S/C32H35N3O7.Na/c1-35(16-14-31(38)39)32(40)23-9-12-28-29(18-23)33-15-13-30(28)42-27-10-7-22(8-11-27)17-24(20-36)34-19-25(37)21-41-26-5-3-2-4-6-26;/h2-13,15,18,24-25,34,36-37H,14,16-17,19-21H2,1H3,(H,38,39);/q;+1/p-1/t24-,25-;/m0./s1. The zero-order valence-corrected chi connectivity index (χ0v) is 26.3. The van der Waals surface area contributed by atoms with Crippen LogP contribution in [-0.2, 0) is 11.2 Å². The fourth-order valence-corrected chi connectivity index (χ4v) is 4.30. The number of hydrogen-bond donors (Lipinski definition) is 3. The number of pyridine rings is 1. The number of rotatable bonds is 15. The molecule has 3 N–H and O–H groups in total. The van der Waals surface area contributed by atoms with Crippen LogP contribution in [0, 0.1) is 0 Å². The molecule has 2 atom stereocenters. The smallest absolute Gasteiger partial charge is 0.550 e. The molecule has 10 nitrogen and oxygen atoms in total. The first-order valence-electron chi connectivity index (χ1n) is 13.6. The van der Waals surface area contributed by atoms with Gasteiger partial charge in [0.2, 0.25) is 0 Å². The summed E-state index contributed by atoms with van der Waals surface area (Å²) < 4.78 is 11.7. The van der Waals surface area contributed by atoms with Gasteiger partial charge in [0, 0.05) is 55.7 Å². The molecular weight excluding hydrogens is 561 g/mol. The van der Waals surface area contributed by atoms with Crippen LogP contribution in [0.2, 0.25) is 0 Å². The molecule has 1 amide bonds. The molecule has 0 radical (unpaired) electrons. The molecule has 0 fully saturated rings. The molecule has 0 aliphatic rings. The molecule has 0 bridgehead atoms. The summed E-state index contributed by atoms with van der Waals surface area (Å²) in [5, 5.41) is 34.7. The number of nitrogens with zero attached hydrogens (tertiary/aromatic N) is 2. The van der Waals surface area contributed by atoms with E-state index in [4.69, 9.17) is 9.47 Å². The van der Waals surface area contributed by atoms with Crippen LogP contribution in [0.3, 0.4) is 0 Å². The second kappa shape index (κ2) is 17.0. The minimum Gasteiger partial charge on any atom is -0.550 e. The largest absolute Gasteiger partial charge is 1.00 e. The summed E-state index contributed by atoms with van der Waals surface area (Å²) in [7, 11) is 1.54. The molecule has 0 unspecified atom stereocenters. The fraction of sp³-hybridized carbons (Fsp3) is 0.281. The summed E-state index contributed by atoms with van der Waals surface area (Å²) >= 11 is 0. The van der Waals surface area contributed by atoms with Crippen LogP contribution < -0.4 is 49.5 Å². The SMILES string of the molecule is CN(CCC(=O)[O-])C(=O)c1ccc2c(Oc3ccc(C[C@@H](CO)NC[C@H](O)COc4ccccc4)cc3)ccnc2c1.[Na+]. The van der Waals surface area contributed by atoms with E-state index in [1.54, 1.807) is 30.5 Å². The van der Waals surface area contributed by atoms with E-state index in [2.05, 4.69) is 10.3 Å². The van der Waals surface area contributed by atoms with Gasteiger partial charge in [-0.15, -0.1) is 0 Å². The van der Waals surface area contributed by atoms with Gasteiger partial charge in [-0.3, -0.25) is 9.78 Å². The number of hydrogen-bond acceptors (Lipinski definition) is 9. The first-order chi connectivity index (χ1) is 20.3. The maximum absolute atomic E-state index is 12.7. The van der Waals surface area contributed by atoms with E-state index < -0.39 is 12.1 Å². The zero-order valence-electron chi connectivity index (χ0n) is 24.3. The van der Waals surface area contributed by atoms with Crippen molar-refractivity contribution in [3.8, 4) is 17.2 Å². The molecular formula is C32H34N3NaO7. The molecule has 1 aromatic heterocycles. The number of para-hydroxylation sites is 1. The molecule has 0 spiro atoms. The van der Waals surface area contributed by atoms with Gasteiger partial charge in [0.05, 0.1) is 12.1 Å². The summed E-state index contributed by atoms with van der Waals surface area (Å²) in [6, 6.07) is 23.3. The number of nitrogens with one attached hydrogen (secondary N) is 1. The van der Waals surface area contributed by atoms with Gasteiger partial charge in [0.15, 0.2) is 0 Å². The van der Waals surface area contributed by atoms with Gasteiger partial charge in [-0.05, 0) is 60.5 Å². The second-order valence-electron chi connectivity index (χ2n) is 9.91. The van der Waals surface area contributed by atoms with Crippen molar-refractivity contribution in [2.75, 3.05) is 33.4 Å². The maximum Gasteiger partial charge on any atom is 1.00 e. The van der Waals surface area contributed by atoms with E-state index >= 15 is 0 Å². The average molecular weight is 596 g/mol. The summed E-state index contributed by atoms with van der Waals surface area (Å²) in [4.78, 5) is 29.1. The van der Waals surface area contributed by atoms with Crippen molar-refractivity contribution >= 4 is 22.8 Å². The fourth-order valence-electron chi connectivity index (χ4n) is 4.30. The van der Waals surface area contributed by atoms with Gasteiger partial charge in [0.25, 0.3) is 5.91 Å². The summed E-state index contributed by atoms with van der Waals surface area (Å²) in [6.45, 7) is 0.374. The van der Waals surface area contributed by atoms with Gasteiger partial charge in [0.1, 0.15) is 30.0 Å². The van der Waals surface area contributed by atoms with Gasteiger partial charge in [-0.2, -0.15) is 0 Å². The van der Waals surface area contributed by atoms with E-state index in [0.29, 0.717) is 34.7 Å². The minimum atomic E-state index is -1.21. The van der Waals surface area contributed by atoms with Crippen molar-refractivity contribution in [3.63, 3.8) is 0 Å². The molecule has 0 saturated carbocycles. The normalized spacial score (nSPS) is 12.2. The third-order valence-electron chi connectivity index (χ3n) is 6.63. The zero-order chi connectivity index (χ0) is 29.9. The van der Waals surface area contributed by atoms with Gasteiger partial charge in [-0.1, -0.05) is 30.3 Å². The van der Waals surface area contributed by atoms with E-state index in [-0.39, 0.29) is 74.2 Å². The van der Waals surface area contributed by atoms with Crippen LogP contribution in [-0.4, -0.2) is 77.5 Å². The van der Waals surface area contributed by atoms with Crippen LogP contribution in [0.1, 0.15) is 22.3 Å². The first-order valence-corrected chi connectivity index (χ1v) is 13.6. The number of aromatic nitrogens is 1. The van der Waals surface area contributed by atoms with Crippen LogP contribution in [0.5, 0.6) is 17.2 Å². The number of amides is 1. The van der Waals surface area contributed by atoms with E-state index in [1.165, 1.54) is 11.9 Å². The van der Waals surface area contributed by atoms with Crippen molar-refractivity contribution in [2.24, 2.45) is 0 Å². The first kappa shape index (κ1) is 34.0. The van der Waals surface area contributed by atoms with E-state index in [0.717, 1.165) is 10.9 Å². The van der Waals surface area contributed by atoms with E-state index in [1.807, 2.05) is 54.6 Å². The molecule has 43 heavy (non-hydrogen) atoms. The number of ether oxygens (including phenoxy) is 2. The van der Waals surface area contributed by atoms with Gasteiger partial charge >= 0.3 is 29.6 Å². The molecule has 0 saturated heterocycles. The Balaban J connectivity index is 0.00000506. The molecule has 220 valence electrons. The molecule has 4 rings (SSSR count). The van der Waals surface area contributed by atoms with E-state index in [9.17, 15) is 24.9 Å². The van der Waals surface area contributed by atoms with Crippen LogP contribution in [0.15, 0.2) is 85.1 Å². The number of carboxylic acid groups (broad SMARTS) is 1. The number of carbonyl (C=O) groups is 2. The number of carboxylic acids is 1.